The predicted molar refractivity (Wildman–Crippen MR) is 51.8 cm³/mol. The molecule has 0 atom stereocenters. The third-order valence-corrected chi connectivity index (χ3v) is 1.62. The molecular weight excluding hydrogens is 214 g/mol. The van der Waals surface area contributed by atoms with Crippen molar-refractivity contribution in [3.63, 3.8) is 0 Å². The summed E-state index contributed by atoms with van der Waals surface area (Å²) >= 11 is 3.20. The largest absolute Gasteiger partial charge is 0.192 e. The maximum absolute atomic E-state index is 8.69. The SMILES string of the molecule is N#Cc1ccccc1C#CCBr. The first-order chi connectivity index (χ1) is 5.88. The van der Waals surface area contributed by atoms with Gasteiger partial charge in [0.1, 0.15) is 6.07 Å². The molecule has 2 heteroatoms. The molecule has 0 N–H and O–H groups in total. The molecule has 12 heavy (non-hydrogen) atoms. The molecule has 0 saturated carbocycles. The van der Waals surface area contributed by atoms with E-state index in [0.29, 0.717) is 10.9 Å². The van der Waals surface area contributed by atoms with E-state index in [0.717, 1.165) is 5.56 Å². The van der Waals surface area contributed by atoms with Gasteiger partial charge in [-0.05, 0) is 12.1 Å². The fourth-order valence-corrected chi connectivity index (χ4v) is 0.958. The summed E-state index contributed by atoms with van der Waals surface area (Å²) in [5, 5.41) is 9.32. The third-order valence-electron chi connectivity index (χ3n) is 1.34. The zero-order valence-corrected chi connectivity index (χ0v) is 7.93. The fraction of sp³-hybridized carbons (Fsp3) is 0.100. The summed E-state index contributed by atoms with van der Waals surface area (Å²) in [6, 6.07) is 9.40. The van der Waals surface area contributed by atoms with Gasteiger partial charge in [0, 0.05) is 5.56 Å². The highest BCUT2D eigenvalue weighted by Gasteiger charge is 1.94. The van der Waals surface area contributed by atoms with Gasteiger partial charge in [-0.15, -0.1) is 0 Å². The smallest absolute Gasteiger partial charge is 0.100 e. The Balaban J connectivity index is 3.07. The second-order valence-electron chi connectivity index (χ2n) is 2.09. The minimum atomic E-state index is 0.631. The van der Waals surface area contributed by atoms with Gasteiger partial charge in [0.25, 0.3) is 0 Å². The van der Waals surface area contributed by atoms with E-state index in [9.17, 15) is 0 Å². The summed E-state index contributed by atoms with van der Waals surface area (Å²) in [5.74, 6) is 5.75. The van der Waals surface area contributed by atoms with Crippen molar-refractivity contribution in [2.75, 3.05) is 5.33 Å². The molecule has 1 aromatic rings. The second kappa shape index (κ2) is 4.59. The number of alkyl halides is 1. The Morgan fingerprint density at radius 2 is 1.92 bits per heavy atom. The molecule has 0 bridgehead atoms. The Labute approximate surface area is 80.2 Å². The van der Waals surface area contributed by atoms with Crippen molar-refractivity contribution in [1.82, 2.24) is 0 Å². The Morgan fingerprint density at radius 3 is 2.50 bits per heavy atom. The van der Waals surface area contributed by atoms with E-state index in [1.807, 2.05) is 18.2 Å². The van der Waals surface area contributed by atoms with E-state index >= 15 is 0 Å². The number of hydrogen-bond donors (Lipinski definition) is 0. The number of benzene rings is 1. The van der Waals surface area contributed by atoms with Gasteiger partial charge >= 0.3 is 0 Å². The van der Waals surface area contributed by atoms with Crippen molar-refractivity contribution in [3.8, 4) is 17.9 Å². The number of hydrogen-bond acceptors (Lipinski definition) is 1. The van der Waals surface area contributed by atoms with E-state index in [1.54, 1.807) is 6.07 Å². The zero-order valence-electron chi connectivity index (χ0n) is 6.34. The van der Waals surface area contributed by atoms with Gasteiger partial charge in [-0.3, -0.25) is 0 Å². The van der Waals surface area contributed by atoms with Crippen LogP contribution < -0.4 is 0 Å². The number of nitrogens with zero attached hydrogens (tertiary/aromatic N) is 1. The summed E-state index contributed by atoms with van der Waals surface area (Å²) in [7, 11) is 0. The molecule has 58 valence electrons. The molecule has 0 amide bonds. The lowest BCUT2D eigenvalue weighted by Crippen LogP contribution is -1.81. The van der Waals surface area contributed by atoms with Gasteiger partial charge < -0.3 is 0 Å². The van der Waals surface area contributed by atoms with E-state index in [-0.39, 0.29) is 0 Å². The summed E-state index contributed by atoms with van der Waals surface area (Å²) in [6.45, 7) is 0. The van der Waals surface area contributed by atoms with Gasteiger partial charge in [0.2, 0.25) is 0 Å². The van der Waals surface area contributed by atoms with E-state index in [2.05, 4.69) is 33.8 Å². The van der Waals surface area contributed by atoms with Gasteiger partial charge in [-0.2, -0.15) is 5.26 Å². The molecule has 1 rings (SSSR count). The first-order valence-electron chi connectivity index (χ1n) is 3.42. The highest BCUT2D eigenvalue weighted by molar-refractivity contribution is 9.09. The molecule has 0 saturated heterocycles. The lowest BCUT2D eigenvalue weighted by Gasteiger charge is -1.91. The maximum atomic E-state index is 8.69. The van der Waals surface area contributed by atoms with Gasteiger partial charge in [0.15, 0.2) is 0 Å². The van der Waals surface area contributed by atoms with E-state index in [4.69, 9.17) is 5.26 Å². The van der Waals surface area contributed by atoms with Gasteiger partial charge in [-0.25, -0.2) is 0 Å². The first-order valence-corrected chi connectivity index (χ1v) is 4.54. The van der Waals surface area contributed by atoms with Crippen LogP contribution in [-0.4, -0.2) is 5.33 Å². The van der Waals surface area contributed by atoms with Crippen LogP contribution in [0.25, 0.3) is 0 Å². The van der Waals surface area contributed by atoms with E-state index in [1.165, 1.54) is 0 Å². The fourth-order valence-electron chi connectivity index (χ4n) is 0.818. The third kappa shape index (κ3) is 2.12. The topological polar surface area (TPSA) is 23.8 Å². The Bertz CT molecular complexity index is 365. The Kier molecular flexibility index (Phi) is 3.38. The van der Waals surface area contributed by atoms with Crippen LogP contribution in [0, 0.1) is 23.2 Å². The first kappa shape index (κ1) is 8.84. The lowest BCUT2D eigenvalue weighted by atomic mass is 10.1. The van der Waals surface area contributed by atoms with Crippen LogP contribution in [0.15, 0.2) is 24.3 Å². The molecular formula is C10H6BrN. The van der Waals surface area contributed by atoms with Crippen molar-refractivity contribution in [3.05, 3.63) is 35.4 Å². The van der Waals surface area contributed by atoms with E-state index < -0.39 is 0 Å². The van der Waals surface area contributed by atoms with Crippen molar-refractivity contribution in [1.29, 1.82) is 5.26 Å². The molecule has 0 aromatic heterocycles. The molecule has 1 nitrogen and oxygen atoms in total. The van der Waals surface area contributed by atoms with Crippen molar-refractivity contribution in [2.45, 2.75) is 0 Å². The average Bonchev–Trinajstić information content (AvgIpc) is 2.15. The highest BCUT2D eigenvalue weighted by Crippen LogP contribution is 2.04. The van der Waals surface area contributed by atoms with Crippen molar-refractivity contribution >= 4 is 15.9 Å². The highest BCUT2D eigenvalue weighted by atomic mass is 79.9. The molecule has 0 heterocycles. The molecule has 0 spiro atoms. The van der Waals surface area contributed by atoms with Crippen molar-refractivity contribution in [2.24, 2.45) is 0 Å². The standard InChI is InChI=1S/C10H6BrN/c11-7-3-6-9-4-1-2-5-10(9)8-12/h1-2,4-5H,7H2. The number of rotatable bonds is 0. The lowest BCUT2D eigenvalue weighted by molar-refractivity contribution is 1.47. The summed E-state index contributed by atoms with van der Waals surface area (Å²) in [6.07, 6.45) is 0. The summed E-state index contributed by atoms with van der Waals surface area (Å²) in [5.41, 5.74) is 1.42. The average molecular weight is 220 g/mol. The van der Waals surface area contributed by atoms with Crippen LogP contribution in [0.3, 0.4) is 0 Å². The zero-order chi connectivity index (χ0) is 8.81. The summed E-state index contributed by atoms with van der Waals surface area (Å²) < 4.78 is 0. The van der Waals surface area contributed by atoms with Crippen molar-refractivity contribution < 1.29 is 0 Å². The van der Waals surface area contributed by atoms with Crippen LogP contribution in [0.2, 0.25) is 0 Å². The minimum Gasteiger partial charge on any atom is -0.192 e. The Morgan fingerprint density at radius 1 is 1.25 bits per heavy atom. The van der Waals surface area contributed by atoms with Crippen LogP contribution in [0.1, 0.15) is 11.1 Å². The molecule has 0 unspecified atom stereocenters. The monoisotopic (exact) mass is 219 g/mol. The Hall–Kier alpha value is -1.25. The van der Waals surface area contributed by atoms with Gasteiger partial charge in [0.05, 0.1) is 10.9 Å². The second-order valence-corrected chi connectivity index (χ2v) is 2.65. The number of halogens is 1. The molecule has 0 fully saturated rings. The molecule has 1 aromatic carbocycles. The molecule has 0 aliphatic rings. The van der Waals surface area contributed by atoms with Gasteiger partial charge in [-0.1, -0.05) is 39.9 Å². The predicted octanol–water partition coefficient (Wildman–Crippen LogP) is 2.30. The normalized spacial score (nSPS) is 8.00. The maximum Gasteiger partial charge on any atom is 0.100 e. The molecule has 0 aliphatic heterocycles. The number of nitriles is 1. The quantitative estimate of drug-likeness (QED) is 0.486. The van der Waals surface area contributed by atoms with Crippen LogP contribution >= 0.6 is 15.9 Å². The van der Waals surface area contributed by atoms with Crippen LogP contribution in [0.4, 0.5) is 0 Å². The summed E-state index contributed by atoms with van der Waals surface area (Å²) in [4.78, 5) is 0. The minimum absolute atomic E-state index is 0.631. The van der Waals surface area contributed by atoms with Crippen LogP contribution in [-0.2, 0) is 0 Å². The molecule has 0 aliphatic carbocycles. The molecule has 0 radical (unpaired) electrons. The van der Waals surface area contributed by atoms with Crippen LogP contribution in [0.5, 0.6) is 0 Å².